The second-order valence-electron chi connectivity index (χ2n) is 4.42. The highest BCUT2D eigenvalue weighted by Gasteiger charge is 2.59. The minimum absolute atomic E-state index is 0.347. The first-order chi connectivity index (χ1) is 8.51. The average molecular weight is 251 g/mol. The van der Waals surface area contributed by atoms with Crippen molar-refractivity contribution in [3.8, 4) is 0 Å². The van der Waals surface area contributed by atoms with Gasteiger partial charge in [-0.05, 0) is 31.0 Å². The van der Waals surface area contributed by atoms with Crippen LogP contribution in [0.3, 0.4) is 0 Å². The number of nitrogens with zero attached hydrogens (tertiary/aromatic N) is 1. The van der Waals surface area contributed by atoms with Gasteiger partial charge in [0.2, 0.25) is 5.91 Å². The van der Waals surface area contributed by atoms with Crippen LogP contribution in [0.1, 0.15) is 12.8 Å². The van der Waals surface area contributed by atoms with Crippen LogP contribution in [-0.4, -0.2) is 26.0 Å². The largest absolute Gasteiger partial charge is 0.468 e. The molecule has 1 amide bonds. The molecular weight excluding hydrogens is 237 g/mol. The molecule has 1 aliphatic carbocycles. The molecule has 4 nitrogen and oxygen atoms in total. The van der Waals surface area contributed by atoms with E-state index in [0.29, 0.717) is 18.5 Å². The predicted molar refractivity (Wildman–Crippen MR) is 63.5 cm³/mol. The highest BCUT2D eigenvalue weighted by Crippen LogP contribution is 2.48. The van der Waals surface area contributed by atoms with Crippen molar-refractivity contribution < 1.29 is 18.7 Å². The molecule has 5 heteroatoms. The Balaban J connectivity index is 2.22. The molecular formula is C13H14FNO3. The van der Waals surface area contributed by atoms with E-state index < -0.39 is 17.2 Å². The summed E-state index contributed by atoms with van der Waals surface area (Å²) in [5.41, 5.74) is -0.634. The number of hydrogen-bond donors (Lipinski definition) is 0. The van der Waals surface area contributed by atoms with Crippen LogP contribution in [0, 0.1) is 11.2 Å². The van der Waals surface area contributed by atoms with Crippen LogP contribution in [0.2, 0.25) is 0 Å². The van der Waals surface area contributed by atoms with Crippen molar-refractivity contribution in [3.63, 3.8) is 0 Å². The summed E-state index contributed by atoms with van der Waals surface area (Å²) in [6, 6.07) is 5.70. The number of benzene rings is 1. The first-order valence-corrected chi connectivity index (χ1v) is 5.63. The summed E-state index contributed by atoms with van der Waals surface area (Å²) in [6.07, 6.45) is 0.969. The van der Waals surface area contributed by atoms with E-state index in [1.165, 1.54) is 37.3 Å². The Kier molecular flexibility index (Phi) is 3.07. The van der Waals surface area contributed by atoms with Crippen molar-refractivity contribution in [1.29, 1.82) is 0 Å². The van der Waals surface area contributed by atoms with E-state index >= 15 is 0 Å². The first-order valence-electron chi connectivity index (χ1n) is 5.63. The van der Waals surface area contributed by atoms with E-state index in [4.69, 9.17) is 0 Å². The van der Waals surface area contributed by atoms with Crippen molar-refractivity contribution in [2.45, 2.75) is 12.8 Å². The van der Waals surface area contributed by atoms with Crippen molar-refractivity contribution in [1.82, 2.24) is 0 Å². The summed E-state index contributed by atoms with van der Waals surface area (Å²) in [7, 11) is 2.79. The van der Waals surface area contributed by atoms with E-state index in [2.05, 4.69) is 4.74 Å². The average Bonchev–Trinajstić information content (AvgIpc) is 3.17. The fourth-order valence-electron chi connectivity index (χ4n) is 1.95. The number of halogens is 1. The molecule has 0 unspecified atom stereocenters. The second kappa shape index (κ2) is 4.40. The molecule has 1 fully saturated rings. The van der Waals surface area contributed by atoms with Gasteiger partial charge >= 0.3 is 5.97 Å². The smallest absolute Gasteiger partial charge is 0.321 e. The Morgan fingerprint density at radius 2 is 2.06 bits per heavy atom. The molecule has 1 aromatic rings. The Morgan fingerprint density at radius 3 is 2.56 bits per heavy atom. The third-order valence-corrected chi connectivity index (χ3v) is 3.24. The van der Waals surface area contributed by atoms with Crippen LogP contribution in [0.25, 0.3) is 0 Å². The van der Waals surface area contributed by atoms with Crippen LogP contribution in [0.5, 0.6) is 0 Å². The lowest BCUT2D eigenvalue weighted by Gasteiger charge is -2.22. The quantitative estimate of drug-likeness (QED) is 0.607. The maximum atomic E-state index is 13.1. The third-order valence-electron chi connectivity index (χ3n) is 3.24. The van der Waals surface area contributed by atoms with E-state index in [0.717, 1.165) is 0 Å². The third kappa shape index (κ3) is 1.96. The van der Waals surface area contributed by atoms with Gasteiger partial charge in [0.25, 0.3) is 0 Å². The molecule has 0 heterocycles. The molecule has 1 aromatic carbocycles. The van der Waals surface area contributed by atoms with Crippen molar-refractivity contribution in [2.75, 3.05) is 19.1 Å². The Bertz CT molecular complexity index is 497. The zero-order valence-electron chi connectivity index (χ0n) is 10.3. The van der Waals surface area contributed by atoms with Crippen LogP contribution in [0.15, 0.2) is 24.3 Å². The second-order valence-corrected chi connectivity index (χ2v) is 4.42. The summed E-state index contributed by atoms with van der Waals surface area (Å²) >= 11 is 0. The highest BCUT2D eigenvalue weighted by molar-refractivity contribution is 6.12. The molecule has 0 N–H and O–H groups in total. The number of esters is 1. The molecule has 0 radical (unpaired) electrons. The van der Waals surface area contributed by atoms with Gasteiger partial charge in [0.1, 0.15) is 11.2 Å². The van der Waals surface area contributed by atoms with E-state index in [9.17, 15) is 14.0 Å². The van der Waals surface area contributed by atoms with Gasteiger partial charge in [-0.1, -0.05) is 6.07 Å². The number of rotatable bonds is 3. The molecule has 1 aliphatic rings. The highest BCUT2D eigenvalue weighted by atomic mass is 19.1. The van der Waals surface area contributed by atoms with Gasteiger partial charge in [0, 0.05) is 12.7 Å². The predicted octanol–water partition coefficient (Wildman–Crippen LogP) is 1.74. The lowest BCUT2D eigenvalue weighted by molar-refractivity contribution is -0.151. The topological polar surface area (TPSA) is 46.6 Å². The van der Waals surface area contributed by atoms with Gasteiger partial charge in [-0.15, -0.1) is 0 Å². The van der Waals surface area contributed by atoms with Gasteiger partial charge in [0.15, 0.2) is 0 Å². The van der Waals surface area contributed by atoms with Crippen molar-refractivity contribution in [2.24, 2.45) is 5.41 Å². The van der Waals surface area contributed by atoms with Crippen LogP contribution in [0.4, 0.5) is 10.1 Å². The van der Waals surface area contributed by atoms with Crippen LogP contribution in [-0.2, 0) is 14.3 Å². The molecule has 1 saturated carbocycles. The normalized spacial score (nSPS) is 15.9. The van der Waals surface area contributed by atoms with E-state index in [1.54, 1.807) is 6.07 Å². The molecule has 18 heavy (non-hydrogen) atoms. The van der Waals surface area contributed by atoms with E-state index in [1.807, 2.05) is 0 Å². The summed E-state index contributed by atoms with van der Waals surface area (Å²) in [6.45, 7) is 0. The number of carbonyl (C=O) groups is 2. The Morgan fingerprint density at radius 1 is 1.39 bits per heavy atom. The number of ether oxygens (including phenoxy) is 1. The first kappa shape index (κ1) is 12.5. The van der Waals surface area contributed by atoms with Crippen molar-refractivity contribution in [3.05, 3.63) is 30.1 Å². The van der Waals surface area contributed by atoms with Crippen molar-refractivity contribution >= 4 is 17.6 Å². The van der Waals surface area contributed by atoms with E-state index in [-0.39, 0.29) is 5.91 Å². The molecule has 0 aromatic heterocycles. The summed E-state index contributed by atoms with van der Waals surface area (Å²) < 4.78 is 17.7. The fourth-order valence-corrected chi connectivity index (χ4v) is 1.95. The minimum Gasteiger partial charge on any atom is -0.468 e. The summed E-state index contributed by atoms with van der Waals surface area (Å²) in [5, 5.41) is 0. The maximum absolute atomic E-state index is 13.1. The number of methoxy groups -OCH3 is 1. The monoisotopic (exact) mass is 251 g/mol. The molecule has 0 spiro atoms. The lowest BCUT2D eigenvalue weighted by Crippen LogP contribution is -2.39. The van der Waals surface area contributed by atoms with Gasteiger partial charge < -0.3 is 9.64 Å². The zero-order valence-corrected chi connectivity index (χ0v) is 10.3. The summed E-state index contributed by atoms with van der Waals surface area (Å²) in [5.74, 6) is -1.29. The molecule has 0 bridgehead atoms. The maximum Gasteiger partial charge on any atom is 0.321 e. The Labute approximate surface area is 104 Å². The SMILES string of the molecule is COC(=O)C1(C(=O)N(C)c2cccc(F)c2)CC1. The number of carbonyl (C=O) groups excluding carboxylic acids is 2. The molecule has 96 valence electrons. The lowest BCUT2D eigenvalue weighted by atomic mass is 10.1. The van der Waals surface area contributed by atoms with Gasteiger partial charge in [-0.25, -0.2) is 4.39 Å². The molecule has 0 saturated heterocycles. The standard InChI is InChI=1S/C13H14FNO3/c1-15(10-5-3-4-9(14)8-10)11(16)13(6-7-13)12(17)18-2/h3-5,8H,6-7H2,1-2H3. The Hall–Kier alpha value is -1.91. The molecule has 2 rings (SSSR count). The van der Waals surface area contributed by atoms with Gasteiger partial charge in [-0.2, -0.15) is 0 Å². The van der Waals surface area contributed by atoms with Crippen LogP contribution < -0.4 is 4.90 Å². The molecule has 0 aliphatic heterocycles. The zero-order chi connectivity index (χ0) is 13.3. The number of anilines is 1. The van der Waals surface area contributed by atoms with Gasteiger partial charge in [-0.3, -0.25) is 9.59 Å². The summed E-state index contributed by atoms with van der Waals surface area (Å²) in [4.78, 5) is 25.1. The number of hydrogen-bond acceptors (Lipinski definition) is 3. The minimum atomic E-state index is -1.06. The van der Waals surface area contributed by atoms with Crippen LogP contribution >= 0.6 is 0 Å². The number of amides is 1. The van der Waals surface area contributed by atoms with Gasteiger partial charge in [0.05, 0.1) is 7.11 Å². The fraction of sp³-hybridized carbons (Fsp3) is 0.385. The molecule has 0 atom stereocenters.